The van der Waals surface area contributed by atoms with Crippen LogP contribution in [0, 0.1) is 5.82 Å². The average molecular weight is 314 g/mol. The van der Waals surface area contributed by atoms with E-state index in [4.69, 9.17) is 9.52 Å². The summed E-state index contributed by atoms with van der Waals surface area (Å²) >= 11 is 0. The molecule has 0 spiro atoms. The molecule has 0 aliphatic heterocycles. The van der Waals surface area contributed by atoms with Crippen LogP contribution in [0.5, 0.6) is 0 Å². The maximum absolute atomic E-state index is 13.2. The number of hydrogen-bond donors (Lipinski definition) is 3. The Bertz CT molecular complexity index is 845. The van der Waals surface area contributed by atoms with Crippen molar-refractivity contribution in [3.8, 4) is 0 Å². The summed E-state index contributed by atoms with van der Waals surface area (Å²) in [7, 11) is 0. The molecule has 0 aliphatic rings. The van der Waals surface area contributed by atoms with E-state index in [-0.39, 0.29) is 5.82 Å². The van der Waals surface area contributed by atoms with Crippen molar-refractivity contribution in [2.75, 3.05) is 17.2 Å². The van der Waals surface area contributed by atoms with Gasteiger partial charge in [-0.25, -0.2) is 4.39 Å². The number of amides is 1. The van der Waals surface area contributed by atoms with Crippen molar-refractivity contribution in [3.05, 3.63) is 60.1 Å². The molecule has 0 bridgehead atoms. The lowest BCUT2D eigenvalue weighted by Gasteiger charge is -2.08. The molecule has 2 aromatic carbocycles. The molecule has 3 rings (SSSR count). The van der Waals surface area contributed by atoms with Crippen LogP contribution in [0.25, 0.3) is 11.0 Å². The number of benzene rings is 2. The third-order valence-electron chi connectivity index (χ3n) is 3.29. The van der Waals surface area contributed by atoms with E-state index >= 15 is 0 Å². The van der Waals surface area contributed by atoms with E-state index in [1.165, 1.54) is 12.1 Å². The van der Waals surface area contributed by atoms with Crippen LogP contribution in [0.1, 0.15) is 5.76 Å². The van der Waals surface area contributed by atoms with Crippen LogP contribution in [0.3, 0.4) is 0 Å². The summed E-state index contributed by atoms with van der Waals surface area (Å²) in [5.74, 6) is -0.0954. The third kappa shape index (κ3) is 3.67. The Morgan fingerprint density at radius 3 is 2.78 bits per heavy atom. The lowest BCUT2D eigenvalue weighted by molar-refractivity contribution is -0.118. The van der Waals surface area contributed by atoms with Gasteiger partial charge in [0.25, 0.3) is 0 Å². The number of aliphatic hydroxyl groups excluding tert-OH is 1. The van der Waals surface area contributed by atoms with E-state index in [0.717, 1.165) is 5.69 Å². The Balaban J connectivity index is 1.69. The van der Waals surface area contributed by atoms with Gasteiger partial charge in [0.15, 0.2) is 0 Å². The molecule has 0 radical (unpaired) electrons. The molecule has 6 heteroatoms. The van der Waals surface area contributed by atoms with Crippen molar-refractivity contribution in [3.63, 3.8) is 0 Å². The van der Waals surface area contributed by atoms with E-state index in [1.807, 2.05) is 6.07 Å². The minimum atomic E-state index is -0.562. The Hall–Kier alpha value is -2.86. The molecule has 0 fully saturated rings. The summed E-state index contributed by atoms with van der Waals surface area (Å²) in [6, 6.07) is 13.3. The number of furan rings is 1. The minimum absolute atomic E-state index is 0.301. The lowest BCUT2D eigenvalue weighted by Crippen LogP contribution is -2.15. The molecule has 0 unspecified atom stereocenters. The summed E-state index contributed by atoms with van der Waals surface area (Å²) in [6.07, 6.45) is 0. The van der Waals surface area contributed by atoms with Gasteiger partial charge in [-0.3, -0.25) is 4.79 Å². The van der Waals surface area contributed by atoms with Crippen LogP contribution in [-0.4, -0.2) is 17.6 Å². The van der Waals surface area contributed by atoms with Crippen molar-refractivity contribution in [1.82, 2.24) is 0 Å². The molecule has 1 amide bonds. The zero-order valence-electron chi connectivity index (χ0n) is 12.2. The highest BCUT2D eigenvalue weighted by Crippen LogP contribution is 2.22. The number of halogens is 1. The molecule has 1 aromatic heterocycles. The van der Waals surface area contributed by atoms with Gasteiger partial charge in [0.1, 0.15) is 23.8 Å². The van der Waals surface area contributed by atoms with E-state index in [0.29, 0.717) is 29.0 Å². The second kappa shape index (κ2) is 6.50. The first kappa shape index (κ1) is 15.1. The van der Waals surface area contributed by atoms with Crippen molar-refractivity contribution >= 4 is 28.3 Å². The van der Waals surface area contributed by atoms with Crippen molar-refractivity contribution < 1.29 is 18.7 Å². The van der Waals surface area contributed by atoms with Crippen LogP contribution in [0.4, 0.5) is 15.8 Å². The average Bonchev–Trinajstić information content (AvgIpc) is 2.95. The molecule has 1 heterocycles. The zero-order chi connectivity index (χ0) is 16.2. The van der Waals surface area contributed by atoms with E-state index in [2.05, 4.69) is 10.6 Å². The number of hydrogen-bond acceptors (Lipinski definition) is 4. The van der Waals surface area contributed by atoms with Crippen LogP contribution >= 0.6 is 0 Å². The fourth-order valence-electron chi connectivity index (χ4n) is 2.25. The largest absolute Gasteiger partial charge is 0.459 e. The van der Waals surface area contributed by atoms with Gasteiger partial charge in [-0.1, -0.05) is 6.07 Å². The maximum Gasteiger partial charge on any atom is 0.250 e. The van der Waals surface area contributed by atoms with Gasteiger partial charge < -0.3 is 20.2 Å². The van der Waals surface area contributed by atoms with Gasteiger partial charge in [-0.2, -0.15) is 0 Å². The summed E-state index contributed by atoms with van der Waals surface area (Å²) in [5, 5.41) is 15.2. The van der Waals surface area contributed by atoms with Gasteiger partial charge >= 0.3 is 0 Å². The topological polar surface area (TPSA) is 74.5 Å². The van der Waals surface area contributed by atoms with Crippen LogP contribution in [0.2, 0.25) is 0 Å². The second-order valence-corrected chi connectivity index (χ2v) is 5.04. The van der Waals surface area contributed by atoms with Crippen LogP contribution in [-0.2, 0) is 11.3 Å². The summed E-state index contributed by atoms with van der Waals surface area (Å²) in [4.78, 5) is 11.2. The number of carbonyl (C=O) groups is 1. The lowest BCUT2D eigenvalue weighted by atomic mass is 10.2. The molecule has 3 aromatic rings. The minimum Gasteiger partial charge on any atom is -0.459 e. The predicted octanol–water partition coefficient (Wildman–Crippen LogP) is 3.11. The quantitative estimate of drug-likeness (QED) is 0.676. The zero-order valence-corrected chi connectivity index (χ0v) is 12.2. The molecule has 118 valence electrons. The number of aliphatic hydroxyl groups is 1. The first-order chi connectivity index (χ1) is 11.1. The summed E-state index contributed by atoms with van der Waals surface area (Å²) < 4.78 is 18.8. The first-order valence-electron chi connectivity index (χ1n) is 7.06. The van der Waals surface area contributed by atoms with Crippen LogP contribution in [0.15, 0.2) is 52.9 Å². The third-order valence-corrected chi connectivity index (χ3v) is 3.29. The van der Waals surface area contributed by atoms with Gasteiger partial charge in [0.2, 0.25) is 5.91 Å². The molecular weight excluding hydrogens is 299 g/mol. The highest BCUT2D eigenvalue weighted by Gasteiger charge is 2.05. The van der Waals surface area contributed by atoms with Crippen molar-refractivity contribution in [2.24, 2.45) is 0 Å². The molecule has 3 N–H and O–H groups in total. The Kier molecular flexibility index (Phi) is 4.25. The van der Waals surface area contributed by atoms with Gasteiger partial charge in [-0.05, 0) is 42.5 Å². The Morgan fingerprint density at radius 1 is 1.13 bits per heavy atom. The number of rotatable bonds is 5. The highest BCUT2D eigenvalue weighted by atomic mass is 19.1. The molecule has 23 heavy (non-hydrogen) atoms. The number of nitrogens with one attached hydrogen (secondary N) is 2. The SMILES string of the molecule is O=C(CO)Nc1cccc(NCc2cc3cc(F)ccc3o2)c1. The highest BCUT2D eigenvalue weighted by molar-refractivity contribution is 5.92. The molecule has 0 saturated heterocycles. The van der Waals surface area contributed by atoms with Crippen molar-refractivity contribution in [1.29, 1.82) is 0 Å². The second-order valence-electron chi connectivity index (χ2n) is 5.04. The fourth-order valence-corrected chi connectivity index (χ4v) is 2.25. The molecule has 0 atom stereocenters. The number of fused-ring (bicyclic) bond motifs is 1. The summed E-state index contributed by atoms with van der Waals surface area (Å²) in [5.41, 5.74) is 2.00. The first-order valence-corrected chi connectivity index (χ1v) is 7.06. The predicted molar refractivity (Wildman–Crippen MR) is 85.7 cm³/mol. The molecule has 0 saturated carbocycles. The fraction of sp³-hybridized carbons (Fsp3) is 0.118. The van der Waals surface area contributed by atoms with Gasteiger partial charge in [0, 0.05) is 16.8 Å². The molecule has 0 aliphatic carbocycles. The standard InChI is InChI=1S/C17H15FN2O3/c18-12-4-5-16-11(6-12)7-15(23-16)9-19-13-2-1-3-14(8-13)20-17(22)10-21/h1-8,19,21H,9-10H2,(H,20,22). The number of carbonyl (C=O) groups excluding carboxylic acids is 1. The smallest absolute Gasteiger partial charge is 0.250 e. The van der Waals surface area contributed by atoms with E-state index in [9.17, 15) is 9.18 Å². The van der Waals surface area contributed by atoms with Gasteiger partial charge in [-0.15, -0.1) is 0 Å². The van der Waals surface area contributed by atoms with Crippen molar-refractivity contribution in [2.45, 2.75) is 6.54 Å². The Morgan fingerprint density at radius 2 is 1.96 bits per heavy atom. The Labute approximate surface area is 131 Å². The summed E-state index contributed by atoms with van der Waals surface area (Å²) in [6.45, 7) is -0.138. The van der Waals surface area contributed by atoms with Gasteiger partial charge in [0.05, 0.1) is 6.54 Å². The van der Waals surface area contributed by atoms with E-state index in [1.54, 1.807) is 30.3 Å². The normalized spacial score (nSPS) is 10.7. The molecule has 5 nitrogen and oxygen atoms in total. The monoisotopic (exact) mass is 314 g/mol. The maximum atomic E-state index is 13.2. The number of anilines is 2. The molecular formula is C17H15FN2O3. The van der Waals surface area contributed by atoms with E-state index < -0.39 is 12.5 Å². The van der Waals surface area contributed by atoms with Crippen LogP contribution < -0.4 is 10.6 Å².